The maximum atomic E-state index is 5.37. The van der Waals surface area contributed by atoms with E-state index in [0.29, 0.717) is 6.04 Å². The van der Waals surface area contributed by atoms with Crippen LogP contribution in [-0.2, 0) is 4.74 Å². The van der Waals surface area contributed by atoms with E-state index in [1.54, 1.807) is 7.11 Å². The largest absolute Gasteiger partial charge is 0.383 e. The predicted octanol–water partition coefficient (Wildman–Crippen LogP) is 2.12. The summed E-state index contributed by atoms with van der Waals surface area (Å²) in [4.78, 5) is 2.55. The summed E-state index contributed by atoms with van der Waals surface area (Å²) in [7, 11) is 4.07. The fourth-order valence-corrected chi connectivity index (χ4v) is 3.00. The van der Waals surface area contributed by atoms with Crippen molar-refractivity contribution in [3.05, 3.63) is 0 Å². The van der Waals surface area contributed by atoms with Gasteiger partial charge in [0, 0.05) is 25.7 Å². The van der Waals surface area contributed by atoms with Gasteiger partial charge in [-0.15, -0.1) is 0 Å². The highest BCUT2D eigenvalue weighted by molar-refractivity contribution is 4.84. The Morgan fingerprint density at radius 1 is 1.35 bits per heavy atom. The molecule has 0 aromatic rings. The monoisotopic (exact) mass is 242 g/mol. The summed E-state index contributed by atoms with van der Waals surface area (Å²) in [5.41, 5.74) is 0. The van der Waals surface area contributed by atoms with Gasteiger partial charge in [-0.2, -0.15) is 0 Å². The van der Waals surface area contributed by atoms with E-state index < -0.39 is 0 Å². The Balaban J connectivity index is 2.51. The van der Waals surface area contributed by atoms with Crippen molar-refractivity contribution in [3.8, 4) is 0 Å². The molecule has 1 saturated carbocycles. The van der Waals surface area contributed by atoms with Gasteiger partial charge in [0.15, 0.2) is 0 Å². The molecule has 3 atom stereocenters. The molecule has 0 spiro atoms. The lowest BCUT2D eigenvalue weighted by atomic mass is 9.84. The van der Waals surface area contributed by atoms with Crippen molar-refractivity contribution in [1.82, 2.24) is 10.2 Å². The molecule has 1 aliphatic carbocycles. The number of methoxy groups -OCH3 is 1. The molecule has 1 fully saturated rings. The van der Waals surface area contributed by atoms with Gasteiger partial charge in [-0.1, -0.05) is 26.7 Å². The standard InChI is InChI=1S/C14H30N2O/c1-5-15-10-13(11-17-4)16(3)14-9-7-6-8-12(14)2/h12-15H,5-11H2,1-4H3. The van der Waals surface area contributed by atoms with Crippen LogP contribution < -0.4 is 5.32 Å². The third kappa shape index (κ3) is 4.57. The maximum Gasteiger partial charge on any atom is 0.0630 e. The molecule has 17 heavy (non-hydrogen) atoms. The van der Waals surface area contributed by atoms with E-state index in [1.807, 2.05) is 0 Å². The summed E-state index contributed by atoms with van der Waals surface area (Å²) in [5, 5.41) is 3.45. The molecule has 0 aromatic heterocycles. The van der Waals surface area contributed by atoms with Crippen molar-refractivity contribution in [2.45, 2.75) is 51.6 Å². The molecule has 0 heterocycles. The Kier molecular flexibility index (Phi) is 7.09. The van der Waals surface area contributed by atoms with Gasteiger partial charge in [0.2, 0.25) is 0 Å². The second-order valence-corrected chi connectivity index (χ2v) is 5.41. The van der Waals surface area contributed by atoms with Crippen LogP contribution in [0.5, 0.6) is 0 Å². The van der Waals surface area contributed by atoms with Crippen molar-refractivity contribution in [1.29, 1.82) is 0 Å². The Morgan fingerprint density at radius 2 is 2.06 bits per heavy atom. The zero-order valence-corrected chi connectivity index (χ0v) is 12.0. The summed E-state index contributed by atoms with van der Waals surface area (Å²) in [6.45, 7) is 7.45. The van der Waals surface area contributed by atoms with Crippen molar-refractivity contribution in [2.75, 3.05) is 33.9 Å². The minimum atomic E-state index is 0.505. The lowest BCUT2D eigenvalue weighted by Crippen LogP contribution is -2.50. The van der Waals surface area contributed by atoms with Crippen molar-refractivity contribution in [3.63, 3.8) is 0 Å². The van der Waals surface area contributed by atoms with Crippen LogP contribution in [0.2, 0.25) is 0 Å². The van der Waals surface area contributed by atoms with E-state index in [0.717, 1.165) is 31.7 Å². The summed E-state index contributed by atoms with van der Waals surface area (Å²) < 4.78 is 5.37. The summed E-state index contributed by atoms with van der Waals surface area (Å²) in [6.07, 6.45) is 5.54. The van der Waals surface area contributed by atoms with Gasteiger partial charge in [-0.05, 0) is 32.4 Å². The van der Waals surface area contributed by atoms with Crippen LogP contribution in [0.4, 0.5) is 0 Å². The van der Waals surface area contributed by atoms with E-state index in [-0.39, 0.29) is 0 Å². The first-order chi connectivity index (χ1) is 8.20. The normalized spacial score (nSPS) is 27.4. The minimum Gasteiger partial charge on any atom is -0.383 e. The highest BCUT2D eigenvalue weighted by Crippen LogP contribution is 2.28. The second-order valence-electron chi connectivity index (χ2n) is 5.41. The van der Waals surface area contributed by atoms with Crippen LogP contribution in [-0.4, -0.2) is 50.8 Å². The lowest BCUT2D eigenvalue weighted by Gasteiger charge is -2.40. The lowest BCUT2D eigenvalue weighted by molar-refractivity contribution is 0.0467. The van der Waals surface area contributed by atoms with E-state index in [4.69, 9.17) is 4.74 Å². The van der Waals surface area contributed by atoms with Gasteiger partial charge in [-0.3, -0.25) is 4.90 Å². The number of hydrogen-bond acceptors (Lipinski definition) is 3. The maximum absolute atomic E-state index is 5.37. The Morgan fingerprint density at radius 3 is 2.65 bits per heavy atom. The van der Waals surface area contributed by atoms with E-state index in [1.165, 1.54) is 25.7 Å². The summed E-state index contributed by atoms with van der Waals surface area (Å²) >= 11 is 0. The first-order valence-corrected chi connectivity index (χ1v) is 7.12. The second kappa shape index (κ2) is 8.06. The zero-order valence-electron chi connectivity index (χ0n) is 12.0. The molecule has 0 aromatic carbocycles. The molecule has 3 heteroatoms. The molecule has 0 aliphatic heterocycles. The smallest absolute Gasteiger partial charge is 0.0630 e. The van der Waals surface area contributed by atoms with E-state index >= 15 is 0 Å². The highest BCUT2D eigenvalue weighted by atomic mass is 16.5. The average Bonchev–Trinajstić information content (AvgIpc) is 2.34. The third-order valence-corrected chi connectivity index (χ3v) is 4.15. The van der Waals surface area contributed by atoms with Gasteiger partial charge in [-0.25, -0.2) is 0 Å². The highest BCUT2D eigenvalue weighted by Gasteiger charge is 2.28. The SMILES string of the molecule is CCNCC(COC)N(C)C1CCCCC1C. The first kappa shape index (κ1) is 14.9. The van der Waals surface area contributed by atoms with Crippen LogP contribution >= 0.6 is 0 Å². The molecular weight excluding hydrogens is 212 g/mol. The Hall–Kier alpha value is -0.120. The number of rotatable bonds is 7. The van der Waals surface area contributed by atoms with Gasteiger partial charge in [0.05, 0.1) is 6.61 Å². The summed E-state index contributed by atoms with van der Waals surface area (Å²) in [6, 6.07) is 1.24. The number of nitrogens with zero attached hydrogens (tertiary/aromatic N) is 1. The molecule has 0 bridgehead atoms. The molecule has 1 aliphatic rings. The van der Waals surface area contributed by atoms with Crippen molar-refractivity contribution in [2.24, 2.45) is 5.92 Å². The van der Waals surface area contributed by atoms with E-state index in [2.05, 4.69) is 31.1 Å². The Labute approximate surface area is 107 Å². The van der Waals surface area contributed by atoms with Crippen LogP contribution in [0.3, 0.4) is 0 Å². The molecule has 1 N–H and O–H groups in total. The van der Waals surface area contributed by atoms with Crippen LogP contribution in [0, 0.1) is 5.92 Å². The van der Waals surface area contributed by atoms with Gasteiger partial charge < -0.3 is 10.1 Å². The third-order valence-electron chi connectivity index (χ3n) is 4.15. The molecule has 0 radical (unpaired) electrons. The quantitative estimate of drug-likeness (QED) is 0.740. The molecule has 3 unspecified atom stereocenters. The molecule has 0 amide bonds. The summed E-state index contributed by atoms with van der Waals surface area (Å²) in [5.74, 6) is 0.828. The number of likely N-dealkylation sites (N-methyl/N-ethyl adjacent to an activating group) is 2. The molecule has 3 nitrogen and oxygen atoms in total. The minimum absolute atomic E-state index is 0.505. The average molecular weight is 242 g/mol. The van der Waals surface area contributed by atoms with Gasteiger partial charge in [0.25, 0.3) is 0 Å². The molecule has 102 valence electrons. The topological polar surface area (TPSA) is 24.5 Å². The molecule has 0 saturated heterocycles. The van der Waals surface area contributed by atoms with Gasteiger partial charge >= 0.3 is 0 Å². The van der Waals surface area contributed by atoms with Crippen molar-refractivity contribution < 1.29 is 4.74 Å². The van der Waals surface area contributed by atoms with Crippen LogP contribution in [0.1, 0.15) is 39.5 Å². The van der Waals surface area contributed by atoms with Crippen LogP contribution in [0.15, 0.2) is 0 Å². The number of hydrogen-bond donors (Lipinski definition) is 1. The predicted molar refractivity (Wildman–Crippen MR) is 73.4 cm³/mol. The van der Waals surface area contributed by atoms with Crippen LogP contribution in [0.25, 0.3) is 0 Å². The fraction of sp³-hybridized carbons (Fsp3) is 1.00. The Bertz CT molecular complexity index is 199. The number of nitrogens with one attached hydrogen (secondary N) is 1. The van der Waals surface area contributed by atoms with Crippen molar-refractivity contribution >= 4 is 0 Å². The van der Waals surface area contributed by atoms with Gasteiger partial charge in [0.1, 0.15) is 0 Å². The van der Waals surface area contributed by atoms with E-state index in [9.17, 15) is 0 Å². The molecular formula is C14H30N2O. The molecule has 1 rings (SSSR count). The fourth-order valence-electron chi connectivity index (χ4n) is 3.00. The zero-order chi connectivity index (χ0) is 12.7. The first-order valence-electron chi connectivity index (χ1n) is 7.12. The number of ether oxygens (including phenoxy) is 1.